The molecule has 2 fully saturated rings. The number of benzene rings is 1. The van der Waals surface area contributed by atoms with Gasteiger partial charge in [-0.15, -0.1) is 0 Å². The molecule has 1 N–H and O–H groups in total. The average Bonchev–Trinajstić information content (AvgIpc) is 2.90. The summed E-state index contributed by atoms with van der Waals surface area (Å²) in [5, 5.41) is 3.46. The first-order valence-corrected chi connectivity index (χ1v) is 12.1. The zero-order valence-electron chi connectivity index (χ0n) is 20.7. The third-order valence-corrected chi connectivity index (χ3v) is 6.45. The van der Waals surface area contributed by atoms with Crippen molar-refractivity contribution in [1.29, 1.82) is 0 Å². The Bertz CT molecular complexity index is 1120. The maximum atomic E-state index is 5.57. The first-order chi connectivity index (χ1) is 17.1. The molecule has 4 heterocycles. The highest BCUT2D eigenvalue weighted by molar-refractivity contribution is 5.72. The van der Waals surface area contributed by atoms with Crippen molar-refractivity contribution >= 4 is 34.5 Å². The van der Waals surface area contributed by atoms with Crippen molar-refractivity contribution in [3.8, 4) is 0 Å². The molecule has 0 radical (unpaired) electrons. The summed E-state index contributed by atoms with van der Waals surface area (Å²) in [5.41, 5.74) is 6.41. The van der Waals surface area contributed by atoms with Gasteiger partial charge in [-0.2, -0.15) is 4.98 Å². The molecular weight excluding hydrogens is 442 g/mol. The number of nitrogens with zero attached hydrogens (tertiary/aromatic N) is 6. The Morgan fingerprint density at radius 2 is 1.49 bits per heavy atom. The van der Waals surface area contributed by atoms with Crippen LogP contribution in [0.1, 0.15) is 11.3 Å². The lowest BCUT2D eigenvalue weighted by molar-refractivity contribution is 0.122. The Hall–Kier alpha value is -3.43. The molecule has 0 bridgehead atoms. The van der Waals surface area contributed by atoms with Gasteiger partial charge in [0.15, 0.2) is 0 Å². The molecule has 0 spiro atoms. The lowest BCUT2D eigenvalue weighted by Gasteiger charge is -2.33. The minimum absolute atomic E-state index is 0.555. The van der Waals surface area contributed by atoms with Crippen molar-refractivity contribution in [2.24, 2.45) is 0 Å². The highest BCUT2D eigenvalue weighted by Crippen LogP contribution is 2.31. The number of anilines is 6. The van der Waals surface area contributed by atoms with E-state index < -0.39 is 0 Å². The maximum Gasteiger partial charge on any atom is 0.229 e. The highest BCUT2D eigenvalue weighted by Gasteiger charge is 2.18. The van der Waals surface area contributed by atoms with Crippen LogP contribution in [-0.2, 0) is 9.47 Å². The maximum absolute atomic E-state index is 5.57. The predicted molar refractivity (Wildman–Crippen MR) is 140 cm³/mol. The Kier molecular flexibility index (Phi) is 6.96. The van der Waals surface area contributed by atoms with Gasteiger partial charge in [0.2, 0.25) is 5.95 Å². The van der Waals surface area contributed by atoms with Crippen LogP contribution in [0.5, 0.6) is 0 Å². The van der Waals surface area contributed by atoms with Gasteiger partial charge in [0.1, 0.15) is 5.82 Å². The minimum atomic E-state index is 0.555. The number of nitrogens with one attached hydrogen (secondary N) is 1. The number of aryl methyl sites for hydroxylation is 2. The molecule has 5 rings (SSSR count). The summed E-state index contributed by atoms with van der Waals surface area (Å²) >= 11 is 0. The molecule has 2 aliphatic heterocycles. The molecule has 1 aromatic carbocycles. The Morgan fingerprint density at radius 3 is 2.11 bits per heavy atom. The number of hydrogen-bond donors (Lipinski definition) is 1. The summed E-state index contributed by atoms with van der Waals surface area (Å²) in [6.07, 6.45) is 3.67. The van der Waals surface area contributed by atoms with Gasteiger partial charge in [-0.1, -0.05) is 0 Å². The van der Waals surface area contributed by atoms with Gasteiger partial charge in [-0.25, -0.2) is 4.98 Å². The monoisotopic (exact) mass is 475 g/mol. The summed E-state index contributed by atoms with van der Waals surface area (Å²) in [5.74, 6) is 1.36. The molecule has 2 aromatic heterocycles. The molecule has 0 atom stereocenters. The molecular formula is C26H33N7O2. The number of rotatable bonds is 6. The molecule has 0 amide bonds. The van der Waals surface area contributed by atoms with E-state index in [-0.39, 0.29) is 0 Å². The summed E-state index contributed by atoms with van der Waals surface area (Å²) < 4.78 is 11.1. The van der Waals surface area contributed by atoms with E-state index in [0.29, 0.717) is 5.95 Å². The van der Waals surface area contributed by atoms with E-state index in [9.17, 15) is 0 Å². The van der Waals surface area contributed by atoms with E-state index in [1.807, 2.05) is 38.1 Å². The van der Waals surface area contributed by atoms with E-state index in [1.165, 1.54) is 11.4 Å². The number of ether oxygens (including phenoxy) is 2. The van der Waals surface area contributed by atoms with Gasteiger partial charge in [0.05, 0.1) is 37.8 Å². The van der Waals surface area contributed by atoms with Crippen LogP contribution in [0.4, 0.5) is 34.5 Å². The first-order valence-electron chi connectivity index (χ1n) is 12.1. The van der Waals surface area contributed by atoms with Gasteiger partial charge in [0, 0.05) is 62.7 Å². The quantitative estimate of drug-likeness (QED) is 0.574. The van der Waals surface area contributed by atoms with E-state index in [4.69, 9.17) is 14.5 Å². The fourth-order valence-corrected chi connectivity index (χ4v) is 4.49. The van der Waals surface area contributed by atoms with Gasteiger partial charge >= 0.3 is 0 Å². The van der Waals surface area contributed by atoms with E-state index in [0.717, 1.165) is 81.1 Å². The van der Waals surface area contributed by atoms with Crippen LogP contribution in [0.3, 0.4) is 0 Å². The topological polar surface area (TPSA) is 78.9 Å². The van der Waals surface area contributed by atoms with Crippen molar-refractivity contribution in [2.45, 2.75) is 13.8 Å². The molecule has 0 aliphatic carbocycles. The van der Waals surface area contributed by atoms with Crippen molar-refractivity contribution in [3.63, 3.8) is 0 Å². The smallest absolute Gasteiger partial charge is 0.229 e. The van der Waals surface area contributed by atoms with Crippen molar-refractivity contribution in [2.75, 3.05) is 79.7 Å². The lowest BCUT2D eigenvalue weighted by Crippen LogP contribution is -2.38. The number of morpholine rings is 2. The molecule has 2 saturated heterocycles. The molecule has 0 saturated carbocycles. The van der Waals surface area contributed by atoms with E-state index in [1.54, 1.807) is 6.20 Å². The lowest BCUT2D eigenvalue weighted by atomic mass is 10.2. The second-order valence-corrected chi connectivity index (χ2v) is 8.98. The zero-order chi connectivity index (χ0) is 24.2. The Balaban J connectivity index is 1.43. The minimum Gasteiger partial charge on any atom is -0.378 e. The van der Waals surface area contributed by atoms with Gasteiger partial charge < -0.3 is 29.5 Å². The predicted octanol–water partition coefficient (Wildman–Crippen LogP) is 3.67. The fourth-order valence-electron chi connectivity index (χ4n) is 4.49. The summed E-state index contributed by atoms with van der Waals surface area (Å²) in [4.78, 5) is 20.6. The normalized spacial score (nSPS) is 16.3. The van der Waals surface area contributed by atoms with Crippen molar-refractivity contribution in [3.05, 3.63) is 54.0 Å². The van der Waals surface area contributed by atoms with E-state index >= 15 is 0 Å². The first kappa shape index (κ1) is 23.3. The van der Waals surface area contributed by atoms with Gasteiger partial charge in [-0.3, -0.25) is 4.98 Å². The average molecular weight is 476 g/mol. The Labute approximate surface area is 206 Å². The molecule has 9 heteroatoms. The number of aromatic nitrogens is 3. The third-order valence-electron chi connectivity index (χ3n) is 6.45. The number of hydrogen-bond acceptors (Lipinski definition) is 9. The standard InChI is InChI=1S/C26H33N7O2/c1-19-14-24(20(2)28-18-19)31(3)25-4-5-27-26(30-25)29-21-15-22(32-6-10-34-11-7-32)17-23(16-21)33-8-12-35-13-9-33/h4-5,14-18H,6-13H2,1-3H3,(H,27,29,30). The van der Waals surface area contributed by atoms with Gasteiger partial charge in [-0.05, 0) is 49.7 Å². The van der Waals surface area contributed by atoms with Crippen LogP contribution in [0.15, 0.2) is 42.7 Å². The molecule has 184 valence electrons. The van der Waals surface area contributed by atoms with Gasteiger partial charge in [0.25, 0.3) is 0 Å². The van der Waals surface area contributed by atoms with Crippen molar-refractivity contribution < 1.29 is 9.47 Å². The van der Waals surface area contributed by atoms with Crippen LogP contribution in [-0.4, -0.2) is 74.6 Å². The molecule has 0 unspecified atom stereocenters. The van der Waals surface area contributed by atoms with Crippen LogP contribution >= 0.6 is 0 Å². The van der Waals surface area contributed by atoms with Crippen LogP contribution < -0.4 is 20.0 Å². The van der Waals surface area contributed by atoms with Crippen LogP contribution in [0.25, 0.3) is 0 Å². The molecule has 9 nitrogen and oxygen atoms in total. The molecule has 35 heavy (non-hydrogen) atoms. The van der Waals surface area contributed by atoms with Crippen molar-refractivity contribution in [1.82, 2.24) is 15.0 Å². The zero-order valence-corrected chi connectivity index (χ0v) is 20.7. The second kappa shape index (κ2) is 10.5. The summed E-state index contributed by atoms with van der Waals surface area (Å²) in [7, 11) is 2.01. The van der Waals surface area contributed by atoms with E-state index in [2.05, 4.69) is 49.4 Å². The largest absolute Gasteiger partial charge is 0.378 e. The van der Waals surface area contributed by atoms with Crippen LogP contribution in [0.2, 0.25) is 0 Å². The summed E-state index contributed by atoms with van der Waals surface area (Å²) in [6, 6.07) is 10.6. The third kappa shape index (κ3) is 5.47. The second-order valence-electron chi connectivity index (χ2n) is 8.98. The Morgan fingerprint density at radius 1 is 0.857 bits per heavy atom. The number of pyridine rings is 1. The summed E-state index contributed by atoms with van der Waals surface area (Å²) in [6.45, 7) is 10.6. The SMILES string of the molecule is Cc1cnc(C)c(N(C)c2ccnc(Nc3cc(N4CCOCC4)cc(N4CCOCC4)c3)n2)c1. The highest BCUT2D eigenvalue weighted by atomic mass is 16.5. The molecule has 3 aromatic rings. The van der Waals surface area contributed by atoms with Crippen LogP contribution in [0, 0.1) is 13.8 Å². The fraction of sp³-hybridized carbons (Fsp3) is 0.423. The molecule has 2 aliphatic rings.